The highest BCUT2D eigenvalue weighted by molar-refractivity contribution is 5.95. The molecule has 0 saturated carbocycles. The molecule has 0 atom stereocenters. The van der Waals surface area contributed by atoms with Crippen molar-refractivity contribution in [3.8, 4) is 11.1 Å². The van der Waals surface area contributed by atoms with Crippen molar-refractivity contribution in [3.63, 3.8) is 0 Å². The number of fused-ring (bicyclic) bond motifs is 2. The molecule has 5 nitrogen and oxygen atoms in total. The molecule has 30 heavy (non-hydrogen) atoms. The Labute approximate surface area is 173 Å². The Morgan fingerprint density at radius 3 is 2.53 bits per heavy atom. The van der Waals surface area contributed by atoms with Crippen LogP contribution in [-0.2, 0) is 6.42 Å². The Morgan fingerprint density at radius 1 is 0.867 bits per heavy atom. The summed E-state index contributed by atoms with van der Waals surface area (Å²) in [6.45, 7) is 0.669. The number of aromatic amines is 1. The van der Waals surface area contributed by atoms with Gasteiger partial charge in [-0.15, -0.1) is 0 Å². The van der Waals surface area contributed by atoms with Gasteiger partial charge in [-0.25, -0.2) is 4.98 Å². The molecule has 0 aliphatic rings. The van der Waals surface area contributed by atoms with Crippen molar-refractivity contribution in [2.24, 2.45) is 0 Å². The van der Waals surface area contributed by atoms with E-state index >= 15 is 0 Å². The lowest BCUT2D eigenvalue weighted by Crippen LogP contribution is -2.16. The Bertz CT molecular complexity index is 1390. The monoisotopic (exact) mass is 392 g/mol. The zero-order valence-electron chi connectivity index (χ0n) is 16.3. The van der Waals surface area contributed by atoms with Gasteiger partial charge in [0, 0.05) is 12.7 Å². The van der Waals surface area contributed by atoms with Crippen LogP contribution in [0.5, 0.6) is 0 Å². The number of anilines is 1. The predicted octanol–water partition coefficient (Wildman–Crippen LogP) is 4.79. The Morgan fingerprint density at radius 2 is 1.67 bits per heavy atom. The number of nitrogens with one attached hydrogen (secondary N) is 2. The van der Waals surface area contributed by atoms with Crippen molar-refractivity contribution in [2.45, 2.75) is 6.42 Å². The second-order valence-electron chi connectivity index (χ2n) is 7.20. The maximum absolute atomic E-state index is 12.9. The van der Waals surface area contributed by atoms with Crippen LogP contribution in [0.3, 0.4) is 0 Å². The first-order valence-corrected chi connectivity index (χ1v) is 9.94. The molecule has 146 valence electrons. The van der Waals surface area contributed by atoms with Crippen LogP contribution in [0.1, 0.15) is 5.56 Å². The molecule has 2 heterocycles. The van der Waals surface area contributed by atoms with E-state index in [0.29, 0.717) is 23.5 Å². The van der Waals surface area contributed by atoms with Crippen LogP contribution in [0.15, 0.2) is 89.9 Å². The third kappa shape index (κ3) is 3.53. The molecule has 2 N–H and O–H groups in total. The van der Waals surface area contributed by atoms with E-state index in [1.165, 1.54) is 5.56 Å². The summed E-state index contributed by atoms with van der Waals surface area (Å²) in [6.07, 6.45) is 2.54. The van der Waals surface area contributed by atoms with Crippen LogP contribution in [0.4, 0.5) is 5.95 Å². The van der Waals surface area contributed by atoms with Gasteiger partial charge in [-0.3, -0.25) is 9.78 Å². The van der Waals surface area contributed by atoms with Gasteiger partial charge in [0.2, 0.25) is 5.95 Å². The van der Waals surface area contributed by atoms with Crippen LogP contribution >= 0.6 is 0 Å². The molecule has 2 aromatic heterocycles. The number of aromatic nitrogens is 3. The fourth-order valence-corrected chi connectivity index (χ4v) is 3.71. The van der Waals surface area contributed by atoms with Gasteiger partial charge in [0.15, 0.2) is 5.65 Å². The highest BCUT2D eigenvalue weighted by atomic mass is 16.1. The van der Waals surface area contributed by atoms with Crippen molar-refractivity contribution in [1.29, 1.82) is 0 Å². The summed E-state index contributed by atoms with van der Waals surface area (Å²) in [5.74, 6) is 0.437. The van der Waals surface area contributed by atoms with Crippen LogP contribution in [0, 0.1) is 0 Å². The van der Waals surface area contributed by atoms with Gasteiger partial charge in [0.25, 0.3) is 5.56 Å². The lowest BCUT2D eigenvalue weighted by molar-refractivity contribution is 0.982. The molecule has 0 saturated heterocycles. The summed E-state index contributed by atoms with van der Waals surface area (Å²) in [4.78, 5) is 24.7. The van der Waals surface area contributed by atoms with Gasteiger partial charge in [-0.05, 0) is 46.0 Å². The molecular weight excluding hydrogens is 372 g/mol. The van der Waals surface area contributed by atoms with E-state index in [9.17, 15) is 4.79 Å². The molecule has 0 aliphatic heterocycles. The fourth-order valence-electron chi connectivity index (χ4n) is 3.71. The molecule has 0 bridgehead atoms. The van der Waals surface area contributed by atoms with Gasteiger partial charge in [-0.1, -0.05) is 66.7 Å². The minimum Gasteiger partial charge on any atom is -0.355 e. The molecule has 5 rings (SSSR count). The third-order valence-corrected chi connectivity index (χ3v) is 5.22. The summed E-state index contributed by atoms with van der Waals surface area (Å²) in [6, 6.07) is 26.4. The van der Waals surface area contributed by atoms with Crippen molar-refractivity contribution in [1.82, 2.24) is 15.0 Å². The second-order valence-corrected chi connectivity index (χ2v) is 7.20. The third-order valence-electron chi connectivity index (χ3n) is 5.22. The minimum absolute atomic E-state index is 0.196. The smallest absolute Gasteiger partial charge is 0.262 e. The standard InChI is InChI=1S/C25H20N4O/c30-24-22-21(20-11-10-18-8-4-5-9-19(18)16-20)13-15-26-23(22)28-25(29-24)27-14-12-17-6-2-1-3-7-17/h1-11,13,15-16H,12,14H2,(H2,26,27,28,29,30). The summed E-state index contributed by atoms with van der Waals surface area (Å²) >= 11 is 0. The summed E-state index contributed by atoms with van der Waals surface area (Å²) < 4.78 is 0. The molecule has 0 aliphatic carbocycles. The first-order chi connectivity index (χ1) is 14.8. The average Bonchev–Trinajstić information content (AvgIpc) is 2.79. The maximum atomic E-state index is 12.9. The van der Waals surface area contributed by atoms with Gasteiger partial charge >= 0.3 is 0 Å². The normalized spacial score (nSPS) is 11.1. The lowest BCUT2D eigenvalue weighted by Gasteiger charge is -2.09. The molecule has 3 aromatic carbocycles. The number of H-pyrrole nitrogens is 1. The Kier molecular flexibility index (Phi) is 4.69. The summed E-state index contributed by atoms with van der Waals surface area (Å²) in [7, 11) is 0. The molecule has 0 radical (unpaired) electrons. The number of benzene rings is 3. The number of hydrogen-bond donors (Lipinski definition) is 2. The Hall–Kier alpha value is -3.99. The quantitative estimate of drug-likeness (QED) is 0.451. The molecule has 5 heteroatoms. The van der Waals surface area contributed by atoms with E-state index in [4.69, 9.17) is 0 Å². The Balaban J connectivity index is 1.48. The predicted molar refractivity (Wildman–Crippen MR) is 122 cm³/mol. The van der Waals surface area contributed by atoms with Gasteiger partial charge in [-0.2, -0.15) is 4.98 Å². The summed E-state index contributed by atoms with van der Waals surface area (Å²) in [5, 5.41) is 6.00. The van der Waals surface area contributed by atoms with E-state index in [1.807, 2.05) is 42.5 Å². The van der Waals surface area contributed by atoms with E-state index in [1.54, 1.807) is 6.20 Å². The van der Waals surface area contributed by atoms with Crippen molar-refractivity contribution in [3.05, 3.63) is 101 Å². The van der Waals surface area contributed by atoms with Gasteiger partial charge in [0.1, 0.15) is 0 Å². The van der Waals surface area contributed by atoms with Crippen LogP contribution in [0.25, 0.3) is 32.9 Å². The molecule has 0 amide bonds. The molecular formula is C25H20N4O. The summed E-state index contributed by atoms with van der Waals surface area (Å²) in [5.41, 5.74) is 3.27. The first-order valence-electron chi connectivity index (χ1n) is 9.94. The molecule has 5 aromatic rings. The molecule has 0 fully saturated rings. The minimum atomic E-state index is -0.196. The van der Waals surface area contributed by atoms with Crippen LogP contribution < -0.4 is 10.9 Å². The van der Waals surface area contributed by atoms with Crippen molar-refractivity contribution >= 4 is 27.8 Å². The zero-order chi connectivity index (χ0) is 20.3. The number of nitrogens with zero attached hydrogens (tertiary/aromatic N) is 2. The van der Waals surface area contributed by atoms with Crippen molar-refractivity contribution in [2.75, 3.05) is 11.9 Å². The van der Waals surface area contributed by atoms with Crippen molar-refractivity contribution < 1.29 is 0 Å². The van der Waals surface area contributed by atoms with E-state index in [0.717, 1.165) is 28.3 Å². The van der Waals surface area contributed by atoms with Crippen LogP contribution in [-0.4, -0.2) is 21.5 Å². The number of pyridine rings is 1. The maximum Gasteiger partial charge on any atom is 0.262 e. The number of rotatable bonds is 5. The second kappa shape index (κ2) is 7.79. The fraction of sp³-hybridized carbons (Fsp3) is 0.0800. The van der Waals surface area contributed by atoms with Gasteiger partial charge in [0.05, 0.1) is 5.39 Å². The highest BCUT2D eigenvalue weighted by Gasteiger charge is 2.12. The lowest BCUT2D eigenvalue weighted by atomic mass is 10.00. The van der Waals surface area contributed by atoms with Crippen LogP contribution in [0.2, 0.25) is 0 Å². The molecule has 0 unspecified atom stereocenters. The van der Waals surface area contributed by atoms with E-state index < -0.39 is 0 Å². The number of hydrogen-bond acceptors (Lipinski definition) is 4. The highest BCUT2D eigenvalue weighted by Crippen LogP contribution is 2.27. The molecule has 0 spiro atoms. The topological polar surface area (TPSA) is 70.7 Å². The largest absolute Gasteiger partial charge is 0.355 e. The van der Waals surface area contributed by atoms with Gasteiger partial charge < -0.3 is 5.32 Å². The first kappa shape index (κ1) is 18.1. The van der Waals surface area contributed by atoms with E-state index in [-0.39, 0.29) is 5.56 Å². The zero-order valence-corrected chi connectivity index (χ0v) is 16.3. The SMILES string of the molecule is O=c1[nH]c(NCCc2ccccc2)nc2nccc(-c3ccc4ccccc4c3)c12. The van der Waals surface area contributed by atoms with E-state index in [2.05, 4.69) is 56.7 Å². The average molecular weight is 392 g/mol.